The van der Waals surface area contributed by atoms with Crippen molar-refractivity contribution in [1.29, 1.82) is 0 Å². The van der Waals surface area contributed by atoms with Gasteiger partial charge in [-0.1, -0.05) is 39.7 Å². The number of hydrogen-bond donors (Lipinski definition) is 0. The number of carbonyl (C=O) groups excluding carboxylic acids is 1. The Morgan fingerprint density at radius 1 is 1.09 bits per heavy atom. The van der Waals surface area contributed by atoms with Gasteiger partial charge in [-0.05, 0) is 42.0 Å². The third-order valence-corrected chi connectivity index (χ3v) is 5.62. The van der Waals surface area contributed by atoms with Gasteiger partial charge in [0.15, 0.2) is 0 Å². The number of carboxylic acid groups (broad SMARTS) is 1. The Morgan fingerprint density at radius 3 is 2.17 bits per heavy atom. The molecule has 0 saturated heterocycles. The Kier molecular flexibility index (Phi) is 5.80. The lowest BCUT2D eigenvalue weighted by molar-refractivity contribution is -0.305. The highest BCUT2D eigenvalue weighted by Gasteiger charge is 2.24. The van der Waals surface area contributed by atoms with Crippen molar-refractivity contribution >= 4 is 43.5 Å². The van der Waals surface area contributed by atoms with E-state index in [1.54, 1.807) is 36.4 Å². The SMILES string of the molecule is O=C([O-])CN(Cc1ccc(Cl)cc1)S(=O)(=O)c1ccc(Br)cc1. The summed E-state index contributed by atoms with van der Waals surface area (Å²) in [6, 6.07) is 12.5. The predicted molar refractivity (Wildman–Crippen MR) is 88.2 cm³/mol. The van der Waals surface area contributed by atoms with Gasteiger partial charge >= 0.3 is 0 Å². The van der Waals surface area contributed by atoms with Crippen LogP contribution in [0.5, 0.6) is 0 Å². The van der Waals surface area contributed by atoms with Crippen LogP contribution in [0.15, 0.2) is 57.9 Å². The number of benzene rings is 2. The summed E-state index contributed by atoms with van der Waals surface area (Å²) in [6.45, 7) is -0.829. The molecule has 2 aromatic rings. The molecule has 122 valence electrons. The van der Waals surface area contributed by atoms with Crippen LogP contribution in [0.25, 0.3) is 0 Å². The smallest absolute Gasteiger partial charge is 0.243 e. The van der Waals surface area contributed by atoms with Crippen molar-refractivity contribution in [3.05, 3.63) is 63.6 Å². The lowest BCUT2D eigenvalue weighted by Gasteiger charge is -2.23. The highest BCUT2D eigenvalue weighted by molar-refractivity contribution is 9.10. The maximum atomic E-state index is 12.6. The van der Waals surface area contributed by atoms with Crippen LogP contribution in [0.3, 0.4) is 0 Å². The Balaban J connectivity index is 2.34. The fourth-order valence-corrected chi connectivity index (χ4v) is 3.68. The first-order chi connectivity index (χ1) is 10.8. The minimum atomic E-state index is -3.96. The molecule has 0 aromatic heterocycles. The van der Waals surface area contributed by atoms with Gasteiger partial charge in [0.05, 0.1) is 17.4 Å². The van der Waals surface area contributed by atoms with Gasteiger partial charge in [-0.2, -0.15) is 4.31 Å². The molecule has 0 spiro atoms. The van der Waals surface area contributed by atoms with E-state index in [9.17, 15) is 18.3 Å². The number of carboxylic acids is 1. The van der Waals surface area contributed by atoms with E-state index < -0.39 is 22.5 Å². The van der Waals surface area contributed by atoms with Crippen LogP contribution in [0.4, 0.5) is 0 Å². The zero-order chi connectivity index (χ0) is 17.0. The molecule has 0 aliphatic carbocycles. The maximum absolute atomic E-state index is 12.6. The lowest BCUT2D eigenvalue weighted by Crippen LogP contribution is -2.41. The van der Waals surface area contributed by atoms with Crippen molar-refractivity contribution in [3.63, 3.8) is 0 Å². The summed E-state index contributed by atoms with van der Waals surface area (Å²) in [5.41, 5.74) is 0.622. The van der Waals surface area contributed by atoms with Crippen molar-refractivity contribution in [2.75, 3.05) is 6.54 Å². The molecule has 0 saturated carbocycles. The Bertz CT molecular complexity index is 791. The summed E-state index contributed by atoms with van der Waals surface area (Å²) >= 11 is 9.02. The fraction of sp³-hybridized carbons (Fsp3) is 0.133. The molecule has 0 bridgehead atoms. The standard InChI is InChI=1S/C15H13BrClNO4S/c16-12-3-7-14(8-4-12)23(21,22)18(10-15(19)20)9-11-1-5-13(17)6-2-11/h1-8H,9-10H2,(H,19,20)/p-1. The number of halogens is 2. The number of rotatable bonds is 6. The number of aliphatic carboxylic acids is 1. The first-order valence-electron chi connectivity index (χ1n) is 6.49. The molecule has 0 atom stereocenters. The van der Waals surface area contributed by atoms with Gasteiger partial charge < -0.3 is 9.90 Å². The number of nitrogens with zero attached hydrogens (tertiary/aromatic N) is 1. The van der Waals surface area contributed by atoms with Crippen molar-refractivity contribution in [3.8, 4) is 0 Å². The highest BCUT2D eigenvalue weighted by Crippen LogP contribution is 2.21. The van der Waals surface area contributed by atoms with Gasteiger partial charge in [0.2, 0.25) is 10.0 Å². The molecule has 0 N–H and O–H groups in total. The fourth-order valence-electron chi connectivity index (χ4n) is 1.92. The largest absolute Gasteiger partial charge is 0.549 e. The normalized spacial score (nSPS) is 11.6. The topological polar surface area (TPSA) is 77.5 Å². The minimum Gasteiger partial charge on any atom is -0.549 e. The molecule has 0 fully saturated rings. The molecule has 0 heterocycles. The van der Waals surface area contributed by atoms with Crippen molar-refractivity contribution in [1.82, 2.24) is 4.31 Å². The predicted octanol–water partition coefficient (Wildman–Crippen LogP) is 2.04. The second-order valence-corrected chi connectivity index (χ2v) is 8.02. The van der Waals surface area contributed by atoms with Gasteiger partial charge in [-0.3, -0.25) is 0 Å². The molecule has 0 amide bonds. The van der Waals surface area contributed by atoms with Crippen LogP contribution in [0.2, 0.25) is 5.02 Å². The Labute approximate surface area is 147 Å². The van der Waals surface area contributed by atoms with Gasteiger partial charge in [-0.25, -0.2) is 8.42 Å². The molecule has 2 rings (SSSR count). The molecule has 0 radical (unpaired) electrons. The second kappa shape index (κ2) is 7.44. The Hall–Kier alpha value is -1.41. The van der Waals surface area contributed by atoms with Crippen molar-refractivity contribution < 1.29 is 18.3 Å². The van der Waals surface area contributed by atoms with Crippen molar-refractivity contribution in [2.24, 2.45) is 0 Å². The zero-order valence-electron chi connectivity index (χ0n) is 11.8. The van der Waals surface area contributed by atoms with E-state index in [0.29, 0.717) is 10.6 Å². The Morgan fingerprint density at radius 2 is 1.65 bits per heavy atom. The van der Waals surface area contributed by atoms with E-state index in [2.05, 4.69) is 15.9 Å². The average molecular weight is 418 g/mol. The third kappa shape index (κ3) is 4.78. The second-order valence-electron chi connectivity index (χ2n) is 4.73. The molecule has 0 aliphatic rings. The molecular formula is C15H12BrClNO4S-. The lowest BCUT2D eigenvalue weighted by atomic mass is 10.2. The third-order valence-electron chi connectivity index (χ3n) is 3.03. The quantitative estimate of drug-likeness (QED) is 0.721. The summed E-state index contributed by atoms with van der Waals surface area (Å²) in [4.78, 5) is 11.0. The summed E-state index contributed by atoms with van der Waals surface area (Å²) < 4.78 is 26.9. The van der Waals surface area contributed by atoms with Crippen LogP contribution in [-0.2, 0) is 21.4 Å². The minimum absolute atomic E-state index is 0.0101. The van der Waals surface area contributed by atoms with Gasteiger partial charge in [-0.15, -0.1) is 0 Å². The zero-order valence-corrected chi connectivity index (χ0v) is 14.9. The summed E-state index contributed by atoms with van der Waals surface area (Å²) in [6.07, 6.45) is 0. The van der Waals surface area contributed by atoms with Gasteiger partial charge in [0.25, 0.3) is 0 Å². The van der Waals surface area contributed by atoms with Crippen LogP contribution in [0, 0.1) is 0 Å². The van der Waals surface area contributed by atoms with Crippen LogP contribution < -0.4 is 5.11 Å². The first kappa shape index (κ1) is 17.9. The van der Waals surface area contributed by atoms with E-state index >= 15 is 0 Å². The number of sulfonamides is 1. The van der Waals surface area contributed by atoms with E-state index in [4.69, 9.17) is 11.6 Å². The molecular weight excluding hydrogens is 406 g/mol. The van der Waals surface area contributed by atoms with Gasteiger partial charge in [0, 0.05) is 16.0 Å². The number of carbonyl (C=O) groups is 1. The average Bonchev–Trinajstić information content (AvgIpc) is 2.49. The number of hydrogen-bond acceptors (Lipinski definition) is 4. The molecule has 5 nitrogen and oxygen atoms in total. The summed E-state index contributed by atoms with van der Waals surface area (Å²) in [7, 11) is -3.96. The monoisotopic (exact) mass is 416 g/mol. The summed E-state index contributed by atoms with van der Waals surface area (Å²) in [5.74, 6) is -1.47. The molecule has 23 heavy (non-hydrogen) atoms. The highest BCUT2D eigenvalue weighted by atomic mass is 79.9. The van der Waals surface area contributed by atoms with E-state index in [0.717, 1.165) is 8.78 Å². The molecule has 0 aliphatic heterocycles. The van der Waals surface area contributed by atoms with Crippen LogP contribution in [-0.4, -0.2) is 25.2 Å². The van der Waals surface area contributed by atoms with Crippen LogP contribution in [0.1, 0.15) is 5.56 Å². The van der Waals surface area contributed by atoms with E-state index in [1.807, 2.05) is 0 Å². The van der Waals surface area contributed by atoms with Crippen molar-refractivity contribution in [2.45, 2.75) is 11.4 Å². The molecule has 0 unspecified atom stereocenters. The molecule has 2 aromatic carbocycles. The van der Waals surface area contributed by atoms with E-state index in [-0.39, 0.29) is 11.4 Å². The molecule has 8 heteroatoms. The van der Waals surface area contributed by atoms with E-state index in [1.165, 1.54) is 12.1 Å². The van der Waals surface area contributed by atoms with Crippen LogP contribution >= 0.6 is 27.5 Å². The first-order valence-corrected chi connectivity index (χ1v) is 9.10. The maximum Gasteiger partial charge on any atom is 0.243 e. The summed E-state index contributed by atoms with van der Waals surface area (Å²) in [5, 5.41) is 11.5. The van der Waals surface area contributed by atoms with Gasteiger partial charge in [0.1, 0.15) is 0 Å².